The van der Waals surface area contributed by atoms with Crippen molar-refractivity contribution in [3.63, 3.8) is 0 Å². The molecule has 3 N–H and O–H groups in total. The van der Waals surface area contributed by atoms with Crippen molar-refractivity contribution in [2.24, 2.45) is 5.73 Å². The van der Waals surface area contributed by atoms with Gasteiger partial charge in [0.15, 0.2) is 0 Å². The van der Waals surface area contributed by atoms with Gasteiger partial charge in [-0.15, -0.1) is 0 Å². The Kier molecular flexibility index (Phi) is 7.56. The second kappa shape index (κ2) is 8.66. The molecule has 2 atom stereocenters. The van der Waals surface area contributed by atoms with Crippen LogP contribution in [-0.2, 0) is 4.79 Å². The van der Waals surface area contributed by atoms with E-state index in [0.717, 1.165) is 39.0 Å². The number of nitrogens with one attached hydrogen (secondary N) is 1. The molecule has 1 heterocycles. The van der Waals surface area contributed by atoms with Gasteiger partial charge < -0.3 is 11.1 Å². The van der Waals surface area contributed by atoms with Gasteiger partial charge in [-0.2, -0.15) is 0 Å². The van der Waals surface area contributed by atoms with Crippen LogP contribution in [0.1, 0.15) is 40.5 Å². The number of nitrogens with zero attached hydrogens (tertiary/aromatic N) is 2. The highest BCUT2D eigenvalue weighted by Gasteiger charge is 2.28. The number of piperazine rings is 1. The van der Waals surface area contributed by atoms with Crippen molar-refractivity contribution in [1.82, 2.24) is 15.1 Å². The zero-order chi connectivity index (χ0) is 16.0. The summed E-state index contributed by atoms with van der Waals surface area (Å²) in [5.41, 5.74) is 5.71. The summed E-state index contributed by atoms with van der Waals surface area (Å²) in [4.78, 5) is 17.4. The predicted molar refractivity (Wildman–Crippen MR) is 91.4 cm³/mol. The third-order valence-electron chi connectivity index (χ3n) is 4.57. The fourth-order valence-electron chi connectivity index (χ4n) is 2.67. The fraction of sp³-hybridized carbons (Fsp3) is 0.867. The summed E-state index contributed by atoms with van der Waals surface area (Å²) in [5, 5.41) is 3.13. The van der Waals surface area contributed by atoms with Crippen molar-refractivity contribution in [2.45, 2.75) is 58.7 Å². The molecule has 1 saturated heterocycles. The maximum absolute atomic E-state index is 12.3. The molecule has 0 aromatic rings. The molecular formula is C15H30N4OS. The van der Waals surface area contributed by atoms with Crippen molar-refractivity contribution >= 4 is 23.1 Å². The molecule has 0 aromatic heterocycles. The van der Waals surface area contributed by atoms with Crippen LogP contribution in [0.5, 0.6) is 0 Å². The van der Waals surface area contributed by atoms with Crippen molar-refractivity contribution < 1.29 is 4.79 Å². The van der Waals surface area contributed by atoms with E-state index >= 15 is 0 Å². The average molecular weight is 314 g/mol. The zero-order valence-corrected chi connectivity index (χ0v) is 14.6. The average Bonchev–Trinajstić information content (AvgIpc) is 2.50. The lowest BCUT2D eigenvalue weighted by atomic mass is 10.1. The standard InChI is InChI=1S/C15H30N4OS/c1-5-13(6-2)17-15(20)12(4)19-9-7-18(8-10-19)11(3)14(16)21/h11-13H,5-10H2,1-4H3,(H2,16,21)(H,17,20). The maximum Gasteiger partial charge on any atom is 0.237 e. The van der Waals surface area contributed by atoms with E-state index in [-0.39, 0.29) is 24.0 Å². The highest BCUT2D eigenvalue weighted by atomic mass is 32.1. The molecule has 122 valence electrons. The van der Waals surface area contributed by atoms with Gasteiger partial charge in [-0.05, 0) is 26.7 Å². The Morgan fingerprint density at radius 1 is 1.10 bits per heavy atom. The van der Waals surface area contributed by atoms with E-state index in [2.05, 4.69) is 29.0 Å². The molecule has 1 fully saturated rings. The second-order valence-corrected chi connectivity index (χ2v) is 6.32. The Labute approximate surface area is 134 Å². The number of hydrogen-bond donors (Lipinski definition) is 2. The molecule has 2 unspecified atom stereocenters. The second-order valence-electron chi connectivity index (χ2n) is 5.85. The predicted octanol–water partition coefficient (Wildman–Crippen LogP) is 0.972. The third-order valence-corrected chi connectivity index (χ3v) is 4.91. The van der Waals surface area contributed by atoms with Crippen molar-refractivity contribution in [3.05, 3.63) is 0 Å². The number of nitrogens with two attached hydrogens (primary N) is 1. The summed E-state index contributed by atoms with van der Waals surface area (Å²) in [6.07, 6.45) is 1.96. The molecule has 1 amide bonds. The van der Waals surface area contributed by atoms with Gasteiger partial charge in [0.1, 0.15) is 0 Å². The van der Waals surface area contributed by atoms with Gasteiger partial charge in [0.25, 0.3) is 0 Å². The molecule has 1 aliphatic rings. The molecule has 0 bridgehead atoms. The molecule has 0 radical (unpaired) electrons. The Morgan fingerprint density at radius 2 is 1.52 bits per heavy atom. The number of carbonyl (C=O) groups excluding carboxylic acids is 1. The van der Waals surface area contributed by atoms with E-state index in [1.165, 1.54) is 0 Å². The molecular weight excluding hydrogens is 284 g/mol. The first kappa shape index (κ1) is 18.3. The van der Waals surface area contributed by atoms with Crippen molar-refractivity contribution in [3.8, 4) is 0 Å². The zero-order valence-electron chi connectivity index (χ0n) is 13.8. The summed E-state index contributed by atoms with van der Waals surface area (Å²) in [6.45, 7) is 11.8. The Bertz CT molecular complexity index is 352. The largest absolute Gasteiger partial charge is 0.392 e. The van der Waals surface area contributed by atoms with Gasteiger partial charge in [-0.1, -0.05) is 26.1 Å². The summed E-state index contributed by atoms with van der Waals surface area (Å²) in [5.74, 6) is 0.138. The van der Waals surface area contributed by atoms with Gasteiger partial charge in [-0.25, -0.2) is 0 Å². The lowest BCUT2D eigenvalue weighted by Gasteiger charge is -2.40. The van der Waals surface area contributed by atoms with Crippen LogP contribution < -0.4 is 11.1 Å². The van der Waals surface area contributed by atoms with Crippen molar-refractivity contribution in [2.75, 3.05) is 26.2 Å². The molecule has 0 aliphatic carbocycles. The first-order valence-electron chi connectivity index (χ1n) is 7.98. The topological polar surface area (TPSA) is 61.6 Å². The molecule has 5 nitrogen and oxygen atoms in total. The molecule has 0 aromatic carbocycles. The minimum Gasteiger partial charge on any atom is -0.392 e. The smallest absolute Gasteiger partial charge is 0.237 e. The Balaban J connectivity index is 2.46. The molecule has 21 heavy (non-hydrogen) atoms. The monoisotopic (exact) mass is 314 g/mol. The van der Waals surface area contributed by atoms with E-state index in [4.69, 9.17) is 18.0 Å². The van der Waals surface area contributed by atoms with E-state index in [1.54, 1.807) is 0 Å². The Hall–Kier alpha value is -0.720. The number of thiocarbonyl (C=S) groups is 1. The van der Waals surface area contributed by atoms with Gasteiger partial charge in [0, 0.05) is 32.2 Å². The summed E-state index contributed by atoms with van der Waals surface area (Å²) < 4.78 is 0. The quantitative estimate of drug-likeness (QED) is 0.686. The summed E-state index contributed by atoms with van der Waals surface area (Å²) in [6, 6.07) is 0.347. The fourth-order valence-corrected chi connectivity index (χ4v) is 2.82. The first-order chi connectivity index (χ1) is 9.90. The third kappa shape index (κ3) is 5.20. The number of rotatable bonds is 7. The van der Waals surface area contributed by atoms with E-state index in [1.807, 2.05) is 13.8 Å². The number of amides is 1. The maximum atomic E-state index is 12.3. The van der Waals surface area contributed by atoms with Gasteiger partial charge in [0.2, 0.25) is 5.91 Å². The van der Waals surface area contributed by atoms with Crippen LogP contribution in [-0.4, -0.2) is 65.0 Å². The highest BCUT2D eigenvalue weighted by Crippen LogP contribution is 2.10. The highest BCUT2D eigenvalue weighted by molar-refractivity contribution is 7.80. The van der Waals surface area contributed by atoms with Crippen LogP contribution in [0.4, 0.5) is 0 Å². The van der Waals surface area contributed by atoms with Gasteiger partial charge in [0.05, 0.1) is 17.1 Å². The first-order valence-corrected chi connectivity index (χ1v) is 8.39. The van der Waals surface area contributed by atoms with E-state index < -0.39 is 0 Å². The summed E-state index contributed by atoms with van der Waals surface area (Å²) in [7, 11) is 0. The van der Waals surface area contributed by atoms with Gasteiger partial charge in [-0.3, -0.25) is 14.6 Å². The van der Waals surface area contributed by atoms with E-state index in [0.29, 0.717) is 4.99 Å². The van der Waals surface area contributed by atoms with Crippen LogP contribution in [0, 0.1) is 0 Å². The minimum atomic E-state index is -0.0760. The lowest BCUT2D eigenvalue weighted by Crippen LogP contribution is -2.57. The normalized spacial score (nSPS) is 20.2. The SMILES string of the molecule is CCC(CC)NC(=O)C(C)N1CCN(C(C)C(N)=S)CC1. The number of hydrogen-bond acceptors (Lipinski definition) is 4. The van der Waals surface area contributed by atoms with Crippen LogP contribution in [0.25, 0.3) is 0 Å². The van der Waals surface area contributed by atoms with Crippen LogP contribution in [0.15, 0.2) is 0 Å². The molecule has 0 spiro atoms. The molecule has 0 saturated carbocycles. The van der Waals surface area contributed by atoms with Crippen LogP contribution >= 0.6 is 12.2 Å². The molecule has 1 rings (SSSR count). The van der Waals surface area contributed by atoms with Crippen molar-refractivity contribution in [1.29, 1.82) is 0 Å². The van der Waals surface area contributed by atoms with Crippen LogP contribution in [0.3, 0.4) is 0 Å². The van der Waals surface area contributed by atoms with E-state index in [9.17, 15) is 4.79 Å². The minimum absolute atomic E-state index is 0.0760. The molecule has 1 aliphatic heterocycles. The van der Waals surface area contributed by atoms with Crippen LogP contribution in [0.2, 0.25) is 0 Å². The number of carbonyl (C=O) groups is 1. The lowest BCUT2D eigenvalue weighted by molar-refractivity contribution is -0.127. The van der Waals surface area contributed by atoms with Gasteiger partial charge >= 0.3 is 0 Å². The Morgan fingerprint density at radius 3 is 1.90 bits per heavy atom. The molecule has 6 heteroatoms. The summed E-state index contributed by atoms with van der Waals surface area (Å²) >= 11 is 5.05.